The molecule has 2 aliphatic carbocycles. The number of hydrogen-bond donors (Lipinski definition) is 0. The van der Waals surface area contributed by atoms with Gasteiger partial charge in [0.15, 0.2) is 0 Å². The van der Waals surface area contributed by atoms with Crippen LogP contribution in [0.3, 0.4) is 0 Å². The quantitative estimate of drug-likeness (QED) is 0.484. The zero-order valence-corrected chi connectivity index (χ0v) is 5.65. The zero-order valence-electron chi connectivity index (χ0n) is 5.65. The highest BCUT2D eigenvalue weighted by Crippen LogP contribution is 2.61. The van der Waals surface area contributed by atoms with E-state index in [2.05, 4.69) is 20.3 Å². The van der Waals surface area contributed by atoms with Gasteiger partial charge in [0.25, 0.3) is 0 Å². The fourth-order valence-corrected chi connectivity index (χ4v) is 1.65. The first-order valence-corrected chi connectivity index (χ1v) is 3.53. The predicted octanol–water partition coefficient (Wildman–Crippen LogP) is 2.26. The van der Waals surface area contributed by atoms with E-state index in [1.165, 1.54) is 12.8 Å². The Balaban J connectivity index is 1.95. The second-order valence-electron chi connectivity index (χ2n) is 3.93. The molecule has 0 saturated heterocycles. The molecule has 45 valence electrons. The lowest BCUT2D eigenvalue weighted by Gasteiger charge is -1.97. The van der Waals surface area contributed by atoms with Crippen molar-refractivity contribution in [3.05, 3.63) is 6.42 Å². The summed E-state index contributed by atoms with van der Waals surface area (Å²) in [4.78, 5) is 0. The first kappa shape index (κ1) is 4.84. The van der Waals surface area contributed by atoms with Crippen molar-refractivity contribution in [1.29, 1.82) is 0 Å². The van der Waals surface area contributed by atoms with Crippen molar-refractivity contribution in [1.82, 2.24) is 0 Å². The van der Waals surface area contributed by atoms with Crippen LogP contribution in [0.1, 0.15) is 26.7 Å². The van der Waals surface area contributed by atoms with Crippen LogP contribution in [-0.2, 0) is 0 Å². The molecule has 2 atom stereocenters. The van der Waals surface area contributed by atoms with Crippen LogP contribution in [-0.4, -0.2) is 0 Å². The maximum atomic E-state index is 2.44. The Morgan fingerprint density at radius 2 is 2.00 bits per heavy atom. The summed E-state index contributed by atoms with van der Waals surface area (Å²) in [6.45, 7) is 4.76. The van der Waals surface area contributed by atoms with Gasteiger partial charge in [-0.05, 0) is 36.5 Å². The molecule has 0 bridgehead atoms. The standard InChI is InChI=1S/C8H13/c1-8(2)5-7(8)6-3-4-6/h3,6-7H,4-5H2,1-2H3. The van der Waals surface area contributed by atoms with E-state index >= 15 is 0 Å². The fraction of sp³-hybridized carbons (Fsp3) is 0.875. The largest absolute Gasteiger partial charge is 0.0596 e. The third-order valence-electron chi connectivity index (χ3n) is 2.61. The molecule has 1 radical (unpaired) electrons. The molecule has 0 aromatic carbocycles. The minimum atomic E-state index is 0.720. The Morgan fingerprint density at radius 3 is 2.12 bits per heavy atom. The molecule has 0 heteroatoms. The molecule has 0 N–H and O–H groups in total. The van der Waals surface area contributed by atoms with Crippen molar-refractivity contribution >= 4 is 0 Å². The molecule has 0 aromatic rings. The average molecular weight is 109 g/mol. The van der Waals surface area contributed by atoms with E-state index in [0.717, 1.165) is 17.3 Å². The van der Waals surface area contributed by atoms with E-state index in [1.807, 2.05) is 0 Å². The van der Waals surface area contributed by atoms with E-state index in [9.17, 15) is 0 Å². The second-order valence-corrected chi connectivity index (χ2v) is 3.93. The van der Waals surface area contributed by atoms with Crippen molar-refractivity contribution in [2.75, 3.05) is 0 Å². The van der Waals surface area contributed by atoms with Crippen LogP contribution in [0.15, 0.2) is 0 Å². The molecule has 2 aliphatic rings. The highest BCUT2D eigenvalue weighted by atomic mass is 14.6. The highest BCUT2D eigenvalue weighted by Gasteiger charge is 2.53. The summed E-state index contributed by atoms with van der Waals surface area (Å²) < 4.78 is 0. The number of hydrogen-bond acceptors (Lipinski definition) is 0. The molecular formula is C8H13. The van der Waals surface area contributed by atoms with Gasteiger partial charge >= 0.3 is 0 Å². The van der Waals surface area contributed by atoms with Crippen LogP contribution in [0.5, 0.6) is 0 Å². The Hall–Kier alpha value is 0. The molecule has 0 amide bonds. The van der Waals surface area contributed by atoms with Crippen LogP contribution in [0.4, 0.5) is 0 Å². The van der Waals surface area contributed by atoms with Crippen molar-refractivity contribution in [2.24, 2.45) is 17.3 Å². The lowest BCUT2D eigenvalue weighted by Crippen LogP contribution is -1.90. The van der Waals surface area contributed by atoms with E-state index < -0.39 is 0 Å². The van der Waals surface area contributed by atoms with Gasteiger partial charge in [-0.2, -0.15) is 0 Å². The summed E-state index contributed by atoms with van der Waals surface area (Å²) in [5.41, 5.74) is 0.720. The minimum absolute atomic E-state index is 0.720. The molecule has 0 aliphatic heterocycles. The summed E-state index contributed by atoms with van der Waals surface area (Å²) in [6, 6.07) is 0. The van der Waals surface area contributed by atoms with E-state index in [4.69, 9.17) is 0 Å². The first-order valence-electron chi connectivity index (χ1n) is 3.53. The molecule has 2 rings (SSSR count). The van der Waals surface area contributed by atoms with E-state index in [-0.39, 0.29) is 0 Å². The summed E-state index contributed by atoms with van der Waals surface area (Å²) >= 11 is 0. The molecule has 0 nitrogen and oxygen atoms in total. The lowest BCUT2D eigenvalue weighted by atomic mass is 10.1. The van der Waals surface area contributed by atoms with Gasteiger partial charge in [-0.3, -0.25) is 0 Å². The summed E-state index contributed by atoms with van der Waals surface area (Å²) in [7, 11) is 0. The Kier molecular flexibility index (Phi) is 0.678. The topological polar surface area (TPSA) is 0 Å². The molecule has 0 spiro atoms. The van der Waals surface area contributed by atoms with Crippen LogP contribution >= 0.6 is 0 Å². The normalized spacial score (nSPS) is 42.0. The van der Waals surface area contributed by atoms with E-state index in [1.54, 1.807) is 0 Å². The van der Waals surface area contributed by atoms with Gasteiger partial charge in [-0.15, -0.1) is 0 Å². The molecule has 0 heterocycles. The lowest BCUT2D eigenvalue weighted by molar-refractivity contribution is 0.527. The predicted molar refractivity (Wildman–Crippen MR) is 34.3 cm³/mol. The molecule has 2 fully saturated rings. The second kappa shape index (κ2) is 1.12. The third-order valence-corrected chi connectivity index (χ3v) is 2.61. The maximum Gasteiger partial charge on any atom is -0.0320 e. The smallest absolute Gasteiger partial charge is 0.0320 e. The zero-order chi connectivity index (χ0) is 5.78. The highest BCUT2D eigenvalue weighted by molar-refractivity contribution is 5.11. The van der Waals surface area contributed by atoms with Crippen molar-refractivity contribution < 1.29 is 0 Å². The SMILES string of the molecule is CC1(C)CC1C1[CH]C1. The summed E-state index contributed by atoms with van der Waals surface area (Å²) in [6.07, 6.45) is 5.34. The van der Waals surface area contributed by atoms with Crippen molar-refractivity contribution in [2.45, 2.75) is 26.7 Å². The average Bonchev–Trinajstić information content (AvgIpc) is 2.37. The number of rotatable bonds is 1. The monoisotopic (exact) mass is 109 g/mol. The summed E-state index contributed by atoms with van der Waals surface area (Å²) in [5.74, 6) is 2.10. The van der Waals surface area contributed by atoms with Crippen LogP contribution in [0.2, 0.25) is 0 Å². The van der Waals surface area contributed by atoms with Gasteiger partial charge in [0.05, 0.1) is 0 Å². The summed E-state index contributed by atoms with van der Waals surface area (Å²) in [5, 5.41) is 0. The molecule has 8 heavy (non-hydrogen) atoms. The third kappa shape index (κ3) is 0.586. The van der Waals surface area contributed by atoms with Gasteiger partial charge in [-0.25, -0.2) is 0 Å². The van der Waals surface area contributed by atoms with Gasteiger partial charge in [0, 0.05) is 0 Å². The van der Waals surface area contributed by atoms with Crippen LogP contribution in [0.25, 0.3) is 0 Å². The van der Waals surface area contributed by atoms with Gasteiger partial charge in [0.1, 0.15) is 0 Å². The van der Waals surface area contributed by atoms with E-state index in [0.29, 0.717) is 0 Å². The Bertz CT molecular complexity index is 109. The van der Waals surface area contributed by atoms with Gasteiger partial charge in [0.2, 0.25) is 0 Å². The van der Waals surface area contributed by atoms with Crippen LogP contribution < -0.4 is 0 Å². The van der Waals surface area contributed by atoms with Crippen LogP contribution in [0, 0.1) is 23.7 Å². The van der Waals surface area contributed by atoms with Gasteiger partial charge in [-0.1, -0.05) is 13.8 Å². The fourth-order valence-electron chi connectivity index (χ4n) is 1.65. The Labute approximate surface area is 51.3 Å². The molecule has 2 unspecified atom stereocenters. The molecule has 0 aromatic heterocycles. The van der Waals surface area contributed by atoms with Crippen molar-refractivity contribution in [3.63, 3.8) is 0 Å². The molecular weight excluding hydrogens is 96.1 g/mol. The minimum Gasteiger partial charge on any atom is -0.0596 e. The van der Waals surface area contributed by atoms with Crippen molar-refractivity contribution in [3.8, 4) is 0 Å². The maximum absolute atomic E-state index is 2.44. The van der Waals surface area contributed by atoms with Gasteiger partial charge < -0.3 is 0 Å². The Morgan fingerprint density at radius 1 is 1.50 bits per heavy atom. The first-order chi connectivity index (χ1) is 3.70. The molecule has 2 saturated carbocycles.